The Bertz CT molecular complexity index is 1560. The number of ether oxygens (including phenoxy) is 1. The van der Waals surface area contributed by atoms with Gasteiger partial charge in [0.15, 0.2) is 0 Å². The molecule has 194 valence electrons. The molecule has 0 aliphatic carbocycles. The van der Waals surface area contributed by atoms with Gasteiger partial charge in [0.05, 0.1) is 23.9 Å². The molecule has 0 fully saturated rings. The van der Waals surface area contributed by atoms with Crippen molar-refractivity contribution in [1.82, 2.24) is 24.5 Å². The van der Waals surface area contributed by atoms with Gasteiger partial charge in [-0.15, -0.1) is 16.4 Å². The third-order valence-electron chi connectivity index (χ3n) is 5.75. The molecule has 4 aromatic heterocycles. The third-order valence-corrected chi connectivity index (χ3v) is 6.85. The lowest BCUT2D eigenvalue weighted by molar-refractivity contribution is -0.385. The molecule has 4 heterocycles. The lowest BCUT2D eigenvalue weighted by Crippen LogP contribution is -2.25. The number of nitrogens with zero attached hydrogens (tertiary/aromatic N) is 6. The maximum atomic E-state index is 13.7. The van der Waals surface area contributed by atoms with Gasteiger partial charge in [0.25, 0.3) is 12.3 Å². The fourth-order valence-electron chi connectivity index (χ4n) is 3.68. The van der Waals surface area contributed by atoms with E-state index in [4.69, 9.17) is 10.5 Å². The molecule has 1 atom stereocenters. The van der Waals surface area contributed by atoms with Crippen molar-refractivity contribution in [2.24, 2.45) is 12.8 Å². The number of nitrogens with one attached hydrogen (secondary N) is 1. The van der Waals surface area contributed by atoms with E-state index in [2.05, 4.69) is 20.5 Å². The number of methoxy groups -OCH3 is 1. The fourth-order valence-corrected chi connectivity index (χ4v) is 4.69. The van der Waals surface area contributed by atoms with Crippen LogP contribution in [0.1, 0.15) is 40.5 Å². The molecular weight excluding hydrogens is 514 g/mol. The van der Waals surface area contributed by atoms with E-state index in [1.807, 2.05) is 0 Å². The minimum Gasteiger partial charge on any atom is -0.475 e. The number of pyridine rings is 1. The largest absolute Gasteiger partial charge is 0.475 e. The Labute approximate surface area is 211 Å². The number of alkyl halides is 2. The van der Waals surface area contributed by atoms with E-state index in [0.29, 0.717) is 11.3 Å². The van der Waals surface area contributed by atoms with E-state index in [1.54, 1.807) is 18.7 Å². The monoisotopic (exact) mass is 534 g/mol. The molecule has 2 amide bonds. The van der Waals surface area contributed by atoms with Crippen molar-refractivity contribution in [3.8, 4) is 17.0 Å². The first-order valence-corrected chi connectivity index (χ1v) is 11.4. The number of hydrogen-bond acceptors (Lipinski definition) is 9. The topological polar surface area (TPSA) is 173 Å². The highest BCUT2D eigenvalue weighted by Gasteiger charge is 2.29. The zero-order valence-electron chi connectivity index (χ0n) is 19.9. The van der Waals surface area contributed by atoms with Crippen LogP contribution in [0.4, 0.5) is 20.2 Å². The summed E-state index contributed by atoms with van der Waals surface area (Å²) in [5.74, 6) is -1.91. The van der Waals surface area contributed by atoms with Crippen LogP contribution >= 0.6 is 11.3 Å². The number of halogens is 2. The molecular formula is C21H20F2N8O5S. The van der Waals surface area contributed by atoms with Crippen molar-refractivity contribution in [1.29, 1.82) is 0 Å². The van der Waals surface area contributed by atoms with Crippen LogP contribution in [0.2, 0.25) is 0 Å². The Balaban J connectivity index is 1.87. The number of hydrogen-bond donors (Lipinski definition) is 2. The summed E-state index contributed by atoms with van der Waals surface area (Å²) in [6, 6.07) is 0.0742. The van der Waals surface area contributed by atoms with Crippen molar-refractivity contribution in [3.05, 3.63) is 44.8 Å². The van der Waals surface area contributed by atoms with E-state index in [0.717, 1.165) is 22.2 Å². The van der Waals surface area contributed by atoms with Crippen molar-refractivity contribution < 1.29 is 28.0 Å². The molecule has 37 heavy (non-hydrogen) atoms. The highest BCUT2D eigenvalue weighted by Crippen LogP contribution is 2.43. The normalized spacial score (nSPS) is 12.2. The number of nitrogens with two attached hydrogens (primary N) is 1. The minimum absolute atomic E-state index is 0.0236. The molecule has 0 bridgehead atoms. The number of nitro groups is 1. The van der Waals surface area contributed by atoms with Crippen LogP contribution < -0.4 is 15.8 Å². The van der Waals surface area contributed by atoms with Gasteiger partial charge in [0.2, 0.25) is 5.91 Å². The van der Waals surface area contributed by atoms with E-state index < -0.39 is 40.6 Å². The Morgan fingerprint density at radius 2 is 2.03 bits per heavy atom. The zero-order valence-corrected chi connectivity index (χ0v) is 20.7. The van der Waals surface area contributed by atoms with Gasteiger partial charge < -0.3 is 15.8 Å². The third kappa shape index (κ3) is 4.46. The molecule has 0 spiro atoms. The standard InChI is InChI=1S/C21H20F2N8O5S/c1-8-11(6-25-29(8)3)10-5-12(17(22)23)26-21-14(10)15(16(37-21)18(24)32)27-19(33)9(2)30-7-13(31(34)35)20(28-30)36-4/h5-7,9,17H,1-4H3,(H2,24,32)(H,27,33). The summed E-state index contributed by atoms with van der Waals surface area (Å²) in [4.78, 5) is 40.0. The van der Waals surface area contributed by atoms with Gasteiger partial charge in [-0.2, -0.15) is 5.10 Å². The Kier molecular flexibility index (Phi) is 6.60. The van der Waals surface area contributed by atoms with E-state index in [9.17, 15) is 28.5 Å². The van der Waals surface area contributed by atoms with Gasteiger partial charge in [0, 0.05) is 23.7 Å². The Hall–Kier alpha value is -4.47. The fraction of sp³-hybridized carbons (Fsp3) is 0.286. The van der Waals surface area contributed by atoms with Crippen LogP contribution in [0.25, 0.3) is 21.3 Å². The molecule has 3 N–H and O–H groups in total. The molecule has 0 saturated heterocycles. The molecule has 1 unspecified atom stereocenters. The van der Waals surface area contributed by atoms with Crippen LogP contribution in [0, 0.1) is 17.0 Å². The summed E-state index contributed by atoms with van der Waals surface area (Å²) in [6.45, 7) is 3.15. The molecule has 16 heteroatoms. The van der Waals surface area contributed by atoms with Gasteiger partial charge in [-0.1, -0.05) is 0 Å². The summed E-state index contributed by atoms with van der Waals surface area (Å²) in [7, 11) is 2.87. The number of carbonyl (C=O) groups excluding carboxylic acids is 2. The number of rotatable bonds is 8. The molecule has 4 aromatic rings. The van der Waals surface area contributed by atoms with Crippen LogP contribution in [-0.2, 0) is 11.8 Å². The second-order valence-electron chi connectivity index (χ2n) is 7.94. The maximum absolute atomic E-state index is 13.7. The van der Waals surface area contributed by atoms with E-state index in [1.165, 1.54) is 26.3 Å². The number of thiophene rings is 1. The van der Waals surface area contributed by atoms with Gasteiger partial charge >= 0.3 is 11.6 Å². The first kappa shape index (κ1) is 25.6. The average Bonchev–Trinajstić information content (AvgIpc) is 3.54. The summed E-state index contributed by atoms with van der Waals surface area (Å²) in [5, 5.41) is 22.2. The molecule has 13 nitrogen and oxygen atoms in total. The SMILES string of the molecule is COc1nn(C(C)C(=O)Nc2c(C(N)=O)sc3nc(C(F)F)cc(-c4cnn(C)c4C)c23)cc1[N+](=O)[O-]. The molecule has 0 saturated carbocycles. The van der Waals surface area contributed by atoms with Crippen LogP contribution in [0.5, 0.6) is 5.88 Å². The van der Waals surface area contributed by atoms with Gasteiger partial charge in [-0.3, -0.25) is 24.4 Å². The van der Waals surface area contributed by atoms with Crippen molar-refractivity contribution in [2.45, 2.75) is 26.3 Å². The summed E-state index contributed by atoms with van der Waals surface area (Å²) < 4.78 is 34.8. The highest BCUT2D eigenvalue weighted by atomic mass is 32.1. The number of primary amides is 1. The van der Waals surface area contributed by atoms with Crippen molar-refractivity contribution in [2.75, 3.05) is 12.4 Å². The smallest absolute Gasteiger partial charge is 0.350 e. The second kappa shape index (κ2) is 9.53. The maximum Gasteiger partial charge on any atom is 0.350 e. The van der Waals surface area contributed by atoms with E-state index >= 15 is 0 Å². The predicted octanol–water partition coefficient (Wildman–Crippen LogP) is 3.35. The van der Waals surface area contributed by atoms with Gasteiger partial charge in [-0.25, -0.2) is 18.4 Å². The quantitative estimate of drug-likeness (QED) is 0.256. The first-order chi connectivity index (χ1) is 17.4. The number of aryl methyl sites for hydroxylation is 1. The number of carbonyl (C=O) groups is 2. The molecule has 4 rings (SSSR count). The Morgan fingerprint density at radius 3 is 2.54 bits per heavy atom. The van der Waals surface area contributed by atoms with Gasteiger partial charge in [-0.05, 0) is 25.5 Å². The second-order valence-corrected chi connectivity index (χ2v) is 8.94. The summed E-state index contributed by atoms with van der Waals surface area (Å²) in [5.41, 5.74) is 5.96. The lowest BCUT2D eigenvalue weighted by atomic mass is 10.0. The van der Waals surface area contributed by atoms with Crippen LogP contribution in [0.3, 0.4) is 0 Å². The molecule has 0 aromatic carbocycles. The Morgan fingerprint density at radius 1 is 1.32 bits per heavy atom. The van der Waals surface area contributed by atoms with Crippen LogP contribution in [-0.4, -0.2) is 48.4 Å². The number of aromatic nitrogens is 5. The highest BCUT2D eigenvalue weighted by molar-refractivity contribution is 7.21. The number of fused-ring (bicyclic) bond motifs is 1. The molecule has 0 aliphatic heterocycles. The summed E-state index contributed by atoms with van der Waals surface area (Å²) >= 11 is 0.756. The minimum atomic E-state index is -2.90. The zero-order chi connectivity index (χ0) is 27.2. The number of anilines is 1. The van der Waals surface area contributed by atoms with Crippen molar-refractivity contribution in [3.63, 3.8) is 0 Å². The average molecular weight is 535 g/mol. The van der Waals surface area contributed by atoms with E-state index in [-0.39, 0.29) is 32.2 Å². The van der Waals surface area contributed by atoms with Crippen LogP contribution in [0.15, 0.2) is 18.5 Å². The summed E-state index contributed by atoms with van der Waals surface area (Å²) in [6.07, 6.45) is -0.391. The lowest BCUT2D eigenvalue weighted by Gasteiger charge is -2.14. The molecule has 0 radical (unpaired) electrons. The molecule has 0 aliphatic rings. The van der Waals surface area contributed by atoms with Crippen molar-refractivity contribution >= 4 is 44.7 Å². The number of amides is 2. The predicted molar refractivity (Wildman–Crippen MR) is 129 cm³/mol. The first-order valence-electron chi connectivity index (χ1n) is 10.6. The van der Waals surface area contributed by atoms with Gasteiger partial charge in [0.1, 0.15) is 27.6 Å².